The summed E-state index contributed by atoms with van der Waals surface area (Å²) in [5, 5.41) is 3.09. The predicted molar refractivity (Wildman–Crippen MR) is 169 cm³/mol. The van der Waals surface area contributed by atoms with Gasteiger partial charge in [0.25, 0.3) is 5.91 Å². The average molecular weight is 546 g/mol. The van der Waals surface area contributed by atoms with E-state index in [1.54, 1.807) is 6.21 Å². The molecule has 5 nitrogen and oxygen atoms in total. The number of hydrogen-bond donors (Lipinski definition) is 1. The third kappa shape index (κ3) is 15.5. The number of likely N-dealkylation sites (tertiary alicyclic amines) is 1. The quantitative estimate of drug-likeness (QED) is 0.127. The van der Waals surface area contributed by atoms with Crippen LogP contribution in [0.5, 0.6) is 0 Å². The number of allylic oxidation sites excluding steroid dienone is 8. The molecule has 0 aromatic carbocycles. The summed E-state index contributed by atoms with van der Waals surface area (Å²) in [5.74, 6) is 7.70. The fourth-order valence-corrected chi connectivity index (χ4v) is 4.63. The van der Waals surface area contributed by atoms with Crippen molar-refractivity contribution in [1.29, 1.82) is 0 Å². The van der Waals surface area contributed by atoms with Gasteiger partial charge in [0.05, 0.1) is 5.57 Å². The normalized spacial score (nSPS) is 17.1. The van der Waals surface area contributed by atoms with Gasteiger partial charge in [-0.3, -0.25) is 14.6 Å². The van der Waals surface area contributed by atoms with Gasteiger partial charge in [-0.2, -0.15) is 0 Å². The second-order valence-corrected chi connectivity index (χ2v) is 10.6. The molecule has 1 fully saturated rings. The third-order valence-electron chi connectivity index (χ3n) is 7.08. The smallest absolute Gasteiger partial charge is 0.255 e. The Morgan fingerprint density at radius 3 is 2.42 bits per heavy atom. The zero-order valence-electron chi connectivity index (χ0n) is 25.0. The van der Waals surface area contributed by atoms with Gasteiger partial charge in [-0.25, -0.2) is 0 Å². The second kappa shape index (κ2) is 21.7. The van der Waals surface area contributed by atoms with Crippen LogP contribution >= 0.6 is 0 Å². The number of hydrogen-bond acceptors (Lipinski definition) is 3. The second-order valence-electron chi connectivity index (χ2n) is 10.6. The fourth-order valence-electron chi connectivity index (χ4n) is 4.63. The van der Waals surface area contributed by atoms with Crippen LogP contribution < -0.4 is 5.32 Å². The molecule has 5 heteroatoms. The zero-order valence-corrected chi connectivity index (χ0v) is 25.0. The fraction of sp³-hybridized carbons (Fsp3) is 0.571. The van der Waals surface area contributed by atoms with Crippen LogP contribution in [0, 0.1) is 23.7 Å². The molecule has 2 heterocycles. The monoisotopic (exact) mass is 545 g/mol. The Morgan fingerprint density at radius 2 is 1.73 bits per heavy atom. The van der Waals surface area contributed by atoms with Crippen molar-refractivity contribution >= 4 is 18.0 Å². The molecule has 0 aliphatic carbocycles. The molecule has 0 spiro atoms. The van der Waals surface area contributed by atoms with E-state index in [1.165, 1.54) is 0 Å². The Labute approximate surface area is 243 Å². The van der Waals surface area contributed by atoms with Gasteiger partial charge in [-0.15, -0.1) is 11.8 Å². The SMILES string of the molecule is CC/C=C\C(C)/C=C\C/C=C\CCC#CCC/C=C\CCCC(=O)NCC1CCN(C(=O)C2=CCCN=C2)CC1. The highest BCUT2D eigenvalue weighted by molar-refractivity contribution is 6.12. The molecule has 0 saturated carbocycles. The van der Waals surface area contributed by atoms with Gasteiger partial charge in [0.1, 0.15) is 0 Å². The standard InChI is InChI=1S/C35H51N3O2/c1-3-4-20-31(2)21-17-15-13-11-9-7-5-6-8-10-12-14-16-18-23-34(39)37-29-32-24-27-38(28-25-32)35(40)33-22-19-26-36-30-33/h4,11-14,17,20-22,30-32H,3,7-10,15-16,18-19,23-29H2,1-2H3,(H,37,39)/b13-11-,14-12-,20-4-,21-17-. The lowest BCUT2D eigenvalue weighted by Gasteiger charge is -2.32. The van der Waals surface area contributed by atoms with Crippen molar-refractivity contribution in [2.75, 3.05) is 26.2 Å². The largest absolute Gasteiger partial charge is 0.356 e. The highest BCUT2D eigenvalue weighted by atomic mass is 16.2. The number of dihydropyridines is 1. The first-order valence-corrected chi connectivity index (χ1v) is 15.4. The lowest BCUT2D eigenvalue weighted by molar-refractivity contribution is -0.128. The Bertz CT molecular complexity index is 982. The van der Waals surface area contributed by atoms with E-state index in [9.17, 15) is 9.59 Å². The Hall–Kier alpha value is -3.13. The average Bonchev–Trinajstić information content (AvgIpc) is 2.99. The highest BCUT2D eigenvalue weighted by Crippen LogP contribution is 2.18. The van der Waals surface area contributed by atoms with Gasteiger partial charge < -0.3 is 10.2 Å². The van der Waals surface area contributed by atoms with Crippen LogP contribution in [0.1, 0.15) is 90.9 Å². The number of nitrogens with one attached hydrogen (secondary N) is 1. The molecule has 40 heavy (non-hydrogen) atoms. The van der Waals surface area contributed by atoms with E-state index in [2.05, 4.69) is 84.6 Å². The number of rotatable bonds is 16. The molecule has 1 unspecified atom stereocenters. The molecular weight excluding hydrogens is 494 g/mol. The van der Waals surface area contributed by atoms with Crippen LogP contribution in [-0.2, 0) is 9.59 Å². The number of aliphatic imine (C=N–C) groups is 1. The summed E-state index contributed by atoms with van der Waals surface area (Å²) in [6, 6.07) is 0. The minimum atomic E-state index is 0.0964. The summed E-state index contributed by atoms with van der Waals surface area (Å²) in [5.41, 5.74) is 0.726. The molecule has 0 radical (unpaired) electrons. The van der Waals surface area contributed by atoms with Crippen molar-refractivity contribution in [2.24, 2.45) is 16.8 Å². The lowest BCUT2D eigenvalue weighted by atomic mass is 9.96. The topological polar surface area (TPSA) is 61.8 Å². The summed E-state index contributed by atoms with van der Waals surface area (Å²) in [7, 11) is 0. The van der Waals surface area contributed by atoms with Gasteiger partial charge >= 0.3 is 0 Å². The van der Waals surface area contributed by atoms with E-state index >= 15 is 0 Å². The first-order valence-electron chi connectivity index (χ1n) is 15.4. The number of carbonyl (C=O) groups excluding carboxylic acids is 2. The van der Waals surface area contributed by atoms with Gasteiger partial charge in [0.2, 0.25) is 5.91 Å². The van der Waals surface area contributed by atoms with Crippen LogP contribution in [0.2, 0.25) is 0 Å². The van der Waals surface area contributed by atoms with Gasteiger partial charge in [0, 0.05) is 51.7 Å². The molecule has 1 atom stereocenters. The van der Waals surface area contributed by atoms with Crippen molar-refractivity contribution in [3.63, 3.8) is 0 Å². The van der Waals surface area contributed by atoms with Crippen molar-refractivity contribution in [1.82, 2.24) is 10.2 Å². The van der Waals surface area contributed by atoms with Gasteiger partial charge in [-0.05, 0) is 69.6 Å². The van der Waals surface area contributed by atoms with Crippen molar-refractivity contribution in [2.45, 2.75) is 90.9 Å². The zero-order chi connectivity index (χ0) is 28.7. The molecule has 2 amide bonds. The summed E-state index contributed by atoms with van der Waals surface area (Å²) >= 11 is 0. The number of carbonyl (C=O) groups is 2. The molecule has 2 aliphatic heterocycles. The van der Waals surface area contributed by atoms with Gasteiger partial charge in [0.15, 0.2) is 0 Å². The molecule has 0 aromatic rings. The van der Waals surface area contributed by atoms with E-state index in [4.69, 9.17) is 0 Å². The van der Waals surface area contributed by atoms with Crippen molar-refractivity contribution in [3.05, 3.63) is 60.3 Å². The number of amides is 2. The first kappa shape index (κ1) is 33.1. The highest BCUT2D eigenvalue weighted by Gasteiger charge is 2.24. The minimum absolute atomic E-state index is 0.0964. The summed E-state index contributed by atoms with van der Waals surface area (Å²) in [6.07, 6.45) is 32.4. The van der Waals surface area contributed by atoms with E-state index in [1.807, 2.05) is 11.0 Å². The molecule has 2 rings (SSSR count). The molecule has 0 bridgehead atoms. The summed E-state index contributed by atoms with van der Waals surface area (Å²) in [4.78, 5) is 30.9. The molecular formula is C35H51N3O2. The van der Waals surface area contributed by atoms with Crippen molar-refractivity contribution in [3.8, 4) is 11.8 Å². The van der Waals surface area contributed by atoms with Crippen LogP contribution in [0.4, 0.5) is 0 Å². The molecule has 1 N–H and O–H groups in total. The van der Waals surface area contributed by atoms with Crippen LogP contribution in [0.3, 0.4) is 0 Å². The minimum Gasteiger partial charge on any atom is -0.356 e. The van der Waals surface area contributed by atoms with E-state index in [-0.39, 0.29) is 11.8 Å². The predicted octanol–water partition coefficient (Wildman–Crippen LogP) is 7.14. The molecule has 2 aliphatic rings. The van der Waals surface area contributed by atoms with Crippen LogP contribution in [0.25, 0.3) is 0 Å². The molecule has 218 valence electrons. The molecule has 1 saturated heterocycles. The summed E-state index contributed by atoms with van der Waals surface area (Å²) in [6.45, 7) is 7.37. The summed E-state index contributed by atoms with van der Waals surface area (Å²) < 4.78 is 0. The Morgan fingerprint density at radius 1 is 1.02 bits per heavy atom. The maximum absolute atomic E-state index is 12.6. The number of piperidine rings is 1. The van der Waals surface area contributed by atoms with Gasteiger partial charge in [-0.1, -0.05) is 68.5 Å². The number of nitrogens with zero attached hydrogens (tertiary/aromatic N) is 2. The Balaban J connectivity index is 1.42. The maximum atomic E-state index is 12.6. The van der Waals surface area contributed by atoms with E-state index in [0.29, 0.717) is 24.8 Å². The maximum Gasteiger partial charge on any atom is 0.255 e. The van der Waals surface area contributed by atoms with Crippen LogP contribution in [0.15, 0.2) is 65.2 Å². The Kier molecular flexibility index (Phi) is 17.9. The first-order chi connectivity index (χ1) is 19.6. The molecule has 0 aromatic heterocycles. The van der Waals surface area contributed by atoms with E-state index in [0.717, 1.165) is 95.8 Å². The van der Waals surface area contributed by atoms with Crippen LogP contribution in [-0.4, -0.2) is 49.1 Å². The number of unbranched alkanes of at least 4 members (excludes halogenated alkanes) is 3. The third-order valence-corrected chi connectivity index (χ3v) is 7.08. The lowest BCUT2D eigenvalue weighted by Crippen LogP contribution is -2.42. The van der Waals surface area contributed by atoms with E-state index < -0.39 is 0 Å². The van der Waals surface area contributed by atoms with Crippen molar-refractivity contribution < 1.29 is 9.59 Å².